The van der Waals surface area contributed by atoms with Crippen molar-refractivity contribution in [1.82, 2.24) is 9.38 Å². The van der Waals surface area contributed by atoms with E-state index in [2.05, 4.69) is 55.3 Å². The molecule has 0 radical (unpaired) electrons. The van der Waals surface area contributed by atoms with Crippen molar-refractivity contribution in [3.63, 3.8) is 0 Å². The van der Waals surface area contributed by atoms with Crippen molar-refractivity contribution in [1.29, 1.82) is 0 Å². The minimum atomic E-state index is 0.751. The number of imidazole rings is 1. The maximum atomic E-state index is 4.91. The highest BCUT2D eigenvalue weighted by Crippen LogP contribution is 2.35. The van der Waals surface area contributed by atoms with Gasteiger partial charge < -0.3 is 0 Å². The van der Waals surface area contributed by atoms with Gasteiger partial charge in [0.25, 0.3) is 0 Å². The van der Waals surface area contributed by atoms with E-state index in [0.29, 0.717) is 0 Å². The molecule has 0 aliphatic heterocycles. The molecule has 4 heteroatoms. The number of hydrogen-bond acceptors (Lipinski definition) is 3. The lowest BCUT2D eigenvalue weighted by atomic mass is 10.0. The van der Waals surface area contributed by atoms with Gasteiger partial charge in [-0.3, -0.25) is 4.40 Å². The third-order valence-electron chi connectivity index (χ3n) is 4.48. The molecule has 2 heterocycles. The van der Waals surface area contributed by atoms with Gasteiger partial charge >= 0.3 is 0 Å². The van der Waals surface area contributed by atoms with E-state index in [1.54, 1.807) is 0 Å². The Morgan fingerprint density at radius 1 is 0.808 bits per heavy atom. The van der Waals surface area contributed by atoms with E-state index in [-0.39, 0.29) is 0 Å². The van der Waals surface area contributed by atoms with Crippen molar-refractivity contribution in [2.24, 2.45) is 10.2 Å². The first-order valence-electron chi connectivity index (χ1n) is 8.65. The van der Waals surface area contributed by atoms with E-state index >= 15 is 0 Å². The van der Waals surface area contributed by atoms with Crippen LogP contribution in [-0.2, 0) is 0 Å². The zero-order valence-corrected chi connectivity index (χ0v) is 15.1. The molecule has 4 nitrogen and oxygen atoms in total. The van der Waals surface area contributed by atoms with E-state index in [0.717, 1.165) is 34.0 Å². The molecule has 0 fully saturated rings. The Labute approximate surface area is 152 Å². The van der Waals surface area contributed by atoms with Crippen LogP contribution in [0.4, 0.5) is 11.5 Å². The summed E-state index contributed by atoms with van der Waals surface area (Å²) in [4.78, 5) is 4.91. The lowest BCUT2D eigenvalue weighted by Crippen LogP contribution is -1.86. The average molecular weight is 340 g/mol. The van der Waals surface area contributed by atoms with Crippen molar-refractivity contribution < 1.29 is 0 Å². The summed E-state index contributed by atoms with van der Waals surface area (Å²) in [6, 6.07) is 20.2. The first kappa shape index (κ1) is 16.2. The van der Waals surface area contributed by atoms with E-state index in [9.17, 15) is 0 Å². The van der Waals surface area contributed by atoms with Gasteiger partial charge in [-0.2, -0.15) is 0 Å². The van der Waals surface area contributed by atoms with E-state index in [4.69, 9.17) is 4.98 Å². The molecule has 26 heavy (non-hydrogen) atoms. The van der Waals surface area contributed by atoms with Gasteiger partial charge in [-0.1, -0.05) is 42.0 Å². The van der Waals surface area contributed by atoms with Crippen molar-refractivity contribution in [3.05, 3.63) is 83.6 Å². The molecule has 4 aromatic rings. The molecule has 0 atom stereocenters. The molecule has 4 rings (SSSR count). The highest BCUT2D eigenvalue weighted by molar-refractivity contribution is 5.77. The van der Waals surface area contributed by atoms with E-state index in [1.807, 2.05) is 47.0 Å². The van der Waals surface area contributed by atoms with Gasteiger partial charge in [-0.05, 0) is 56.2 Å². The summed E-state index contributed by atoms with van der Waals surface area (Å²) in [5.41, 5.74) is 7.17. The van der Waals surface area contributed by atoms with Crippen LogP contribution in [0.1, 0.15) is 16.7 Å². The minimum Gasteiger partial charge on any atom is -0.282 e. The average Bonchev–Trinajstić information content (AvgIpc) is 3.03. The summed E-state index contributed by atoms with van der Waals surface area (Å²) in [6.45, 7) is 6.26. The molecule has 0 aliphatic rings. The standard InChI is InChI=1S/C22H20N4/c1-15-11-12-16(2)19(14-15)20-22(25-24-18-9-5-4-6-10-18)26-13-7-8-17(3)21(26)23-20/h4-14H,1-3H3. The van der Waals surface area contributed by atoms with Gasteiger partial charge in [-0.15, -0.1) is 10.2 Å². The molecular weight excluding hydrogens is 320 g/mol. The van der Waals surface area contributed by atoms with Gasteiger partial charge in [-0.25, -0.2) is 4.98 Å². The predicted molar refractivity (Wildman–Crippen MR) is 105 cm³/mol. The van der Waals surface area contributed by atoms with Gasteiger partial charge in [0.2, 0.25) is 0 Å². The summed E-state index contributed by atoms with van der Waals surface area (Å²) < 4.78 is 2.01. The summed E-state index contributed by atoms with van der Waals surface area (Å²) >= 11 is 0. The summed E-state index contributed by atoms with van der Waals surface area (Å²) in [5.74, 6) is 0.751. The van der Waals surface area contributed by atoms with Crippen LogP contribution in [0.5, 0.6) is 0 Å². The fraction of sp³-hybridized carbons (Fsp3) is 0.136. The zero-order valence-electron chi connectivity index (χ0n) is 15.1. The summed E-state index contributed by atoms with van der Waals surface area (Å²) in [6.07, 6.45) is 1.99. The Kier molecular flexibility index (Phi) is 4.09. The van der Waals surface area contributed by atoms with Crippen LogP contribution in [0, 0.1) is 20.8 Å². The quantitative estimate of drug-likeness (QED) is 0.401. The zero-order chi connectivity index (χ0) is 18.1. The molecule has 0 unspecified atom stereocenters. The maximum Gasteiger partial charge on any atom is 0.187 e. The Hall–Kier alpha value is -3.27. The third kappa shape index (κ3) is 2.90. The molecule has 2 aromatic carbocycles. The summed E-state index contributed by atoms with van der Waals surface area (Å²) in [7, 11) is 0. The molecule has 0 amide bonds. The normalized spacial score (nSPS) is 11.5. The fourth-order valence-electron chi connectivity index (χ4n) is 3.06. The first-order chi connectivity index (χ1) is 12.6. The third-order valence-corrected chi connectivity index (χ3v) is 4.48. The van der Waals surface area contributed by atoms with Gasteiger partial charge in [0, 0.05) is 11.8 Å². The topological polar surface area (TPSA) is 42.0 Å². The Bertz CT molecular complexity index is 1110. The molecule has 0 aliphatic carbocycles. The van der Waals surface area contributed by atoms with Crippen molar-refractivity contribution >= 4 is 17.2 Å². The minimum absolute atomic E-state index is 0.751. The highest BCUT2D eigenvalue weighted by Gasteiger charge is 2.17. The number of rotatable bonds is 3. The fourth-order valence-corrected chi connectivity index (χ4v) is 3.06. The van der Waals surface area contributed by atoms with Gasteiger partial charge in [0.1, 0.15) is 11.3 Å². The van der Waals surface area contributed by atoms with E-state index < -0.39 is 0 Å². The number of hydrogen-bond donors (Lipinski definition) is 0. The number of fused-ring (bicyclic) bond motifs is 1. The number of pyridine rings is 1. The molecule has 128 valence electrons. The second-order valence-electron chi connectivity index (χ2n) is 6.52. The van der Waals surface area contributed by atoms with Crippen molar-refractivity contribution in [2.75, 3.05) is 0 Å². The van der Waals surface area contributed by atoms with Crippen LogP contribution < -0.4 is 0 Å². The molecule has 0 spiro atoms. The van der Waals surface area contributed by atoms with Crippen molar-refractivity contribution in [2.45, 2.75) is 20.8 Å². The predicted octanol–water partition coefficient (Wildman–Crippen LogP) is 6.34. The van der Waals surface area contributed by atoms with E-state index in [1.165, 1.54) is 11.1 Å². The van der Waals surface area contributed by atoms with Crippen LogP contribution in [0.15, 0.2) is 77.1 Å². The Morgan fingerprint density at radius 3 is 2.42 bits per heavy atom. The largest absolute Gasteiger partial charge is 0.282 e. The molecule has 0 saturated heterocycles. The van der Waals surface area contributed by atoms with Crippen LogP contribution in [-0.4, -0.2) is 9.38 Å². The first-order valence-corrected chi connectivity index (χ1v) is 8.65. The number of aryl methyl sites for hydroxylation is 3. The Balaban J connectivity index is 1.96. The SMILES string of the molecule is Cc1ccc(C)c(-c2nc3c(C)cccn3c2N=Nc2ccccc2)c1. The number of benzene rings is 2. The monoisotopic (exact) mass is 340 g/mol. The summed E-state index contributed by atoms with van der Waals surface area (Å²) in [5, 5.41) is 9.01. The number of azo groups is 1. The highest BCUT2D eigenvalue weighted by atomic mass is 15.2. The second kappa shape index (κ2) is 6.56. The maximum absolute atomic E-state index is 4.91. The van der Waals surface area contributed by atoms with Gasteiger partial charge in [0.15, 0.2) is 5.82 Å². The molecule has 2 aromatic heterocycles. The Morgan fingerprint density at radius 2 is 1.62 bits per heavy atom. The molecule has 0 bridgehead atoms. The number of aromatic nitrogens is 2. The molecular formula is C22H20N4. The second-order valence-corrected chi connectivity index (χ2v) is 6.52. The molecule has 0 N–H and O–H groups in total. The van der Waals surface area contributed by atoms with Crippen LogP contribution in [0.25, 0.3) is 16.9 Å². The smallest absolute Gasteiger partial charge is 0.187 e. The van der Waals surface area contributed by atoms with Crippen LogP contribution >= 0.6 is 0 Å². The van der Waals surface area contributed by atoms with Crippen LogP contribution in [0.3, 0.4) is 0 Å². The molecule has 0 saturated carbocycles. The van der Waals surface area contributed by atoms with Crippen LogP contribution in [0.2, 0.25) is 0 Å². The number of nitrogens with zero attached hydrogens (tertiary/aromatic N) is 4. The van der Waals surface area contributed by atoms with Gasteiger partial charge in [0.05, 0.1) is 5.69 Å². The van der Waals surface area contributed by atoms with Crippen molar-refractivity contribution in [3.8, 4) is 11.3 Å². The lowest BCUT2D eigenvalue weighted by molar-refractivity contribution is 1.10. The lowest BCUT2D eigenvalue weighted by Gasteiger charge is -2.05.